The SMILES string of the molecule is Cc1nc2c3ccccc3c3nc(C(C)(C)c4ccc5c(n4)c4ccccc4n4c6ccccc6nc54)ccc3n2c1C. The van der Waals surface area contributed by atoms with E-state index < -0.39 is 5.41 Å². The van der Waals surface area contributed by atoms with Gasteiger partial charge in [-0.3, -0.25) is 13.8 Å². The Balaban J connectivity index is 1.31. The molecule has 0 unspecified atom stereocenters. The highest BCUT2D eigenvalue weighted by molar-refractivity contribution is 6.12. The van der Waals surface area contributed by atoms with Gasteiger partial charge in [0, 0.05) is 32.7 Å². The van der Waals surface area contributed by atoms with Gasteiger partial charge < -0.3 is 0 Å². The number of benzene rings is 3. The van der Waals surface area contributed by atoms with Crippen molar-refractivity contribution in [3.63, 3.8) is 0 Å². The smallest absolute Gasteiger partial charge is 0.147 e. The second-order valence-corrected chi connectivity index (χ2v) is 12.0. The van der Waals surface area contributed by atoms with Crippen LogP contribution in [0.3, 0.4) is 0 Å². The Hall–Kier alpha value is -5.36. The van der Waals surface area contributed by atoms with Crippen LogP contribution in [-0.4, -0.2) is 28.7 Å². The molecule has 0 fully saturated rings. The van der Waals surface area contributed by atoms with Crippen LogP contribution < -0.4 is 0 Å². The average Bonchev–Trinajstić information content (AvgIpc) is 3.58. The minimum absolute atomic E-state index is 0.453. The molecule has 9 aromatic rings. The minimum atomic E-state index is -0.453. The number of nitrogens with zero attached hydrogens (tertiary/aromatic N) is 6. The molecule has 0 bridgehead atoms. The number of hydrogen-bond acceptors (Lipinski definition) is 4. The van der Waals surface area contributed by atoms with Crippen LogP contribution in [0.2, 0.25) is 0 Å². The third-order valence-corrected chi connectivity index (χ3v) is 9.26. The van der Waals surface area contributed by atoms with Gasteiger partial charge in [0.1, 0.15) is 11.3 Å². The van der Waals surface area contributed by atoms with Crippen LogP contribution in [0.5, 0.6) is 0 Å². The maximum Gasteiger partial charge on any atom is 0.147 e. The number of aryl methyl sites for hydroxylation is 2. The number of pyridine rings is 4. The fraction of sp³-hybridized carbons (Fsp3) is 0.135. The molecule has 0 saturated carbocycles. The van der Waals surface area contributed by atoms with Gasteiger partial charge in [-0.25, -0.2) is 15.0 Å². The molecule has 0 N–H and O–H groups in total. The van der Waals surface area contributed by atoms with E-state index in [-0.39, 0.29) is 0 Å². The highest BCUT2D eigenvalue weighted by atomic mass is 15.0. The van der Waals surface area contributed by atoms with Crippen LogP contribution in [0.25, 0.3) is 65.9 Å². The summed E-state index contributed by atoms with van der Waals surface area (Å²) in [6.07, 6.45) is 0. The Morgan fingerprint density at radius 2 is 1.12 bits per heavy atom. The van der Waals surface area contributed by atoms with Crippen molar-refractivity contribution in [2.45, 2.75) is 33.1 Å². The van der Waals surface area contributed by atoms with Crippen LogP contribution in [0.1, 0.15) is 36.6 Å². The first-order valence-electron chi connectivity index (χ1n) is 14.7. The molecule has 43 heavy (non-hydrogen) atoms. The fourth-order valence-corrected chi connectivity index (χ4v) is 6.79. The highest BCUT2D eigenvalue weighted by Gasteiger charge is 2.28. The van der Waals surface area contributed by atoms with E-state index >= 15 is 0 Å². The summed E-state index contributed by atoms with van der Waals surface area (Å²) in [4.78, 5) is 20.7. The fourth-order valence-electron chi connectivity index (χ4n) is 6.79. The van der Waals surface area contributed by atoms with Gasteiger partial charge in [0.25, 0.3) is 0 Å². The quantitative estimate of drug-likeness (QED) is 0.200. The second-order valence-electron chi connectivity index (χ2n) is 12.0. The molecule has 206 valence electrons. The molecule has 6 heterocycles. The van der Waals surface area contributed by atoms with Crippen molar-refractivity contribution in [1.29, 1.82) is 0 Å². The standard InChI is InChI=1S/C37H28N6/c1-21-22(2)42-30-18-20-32(41-34(30)23-11-5-6-12-24(23)35(42)38-21)37(3,4)31-19-17-26-33(40-31)25-13-7-9-15-28(25)43-29-16-10-8-14-27(29)39-36(26)43/h5-20H,1-4H3. The molecule has 6 nitrogen and oxygen atoms in total. The average molecular weight is 557 g/mol. The van der Waals surface area contributed by atoms with E-state index in [2.05, 4.69) is 127 Å². The zero-order valence-corrected chi connectivity index (χ0v) is 24.4. The number of rotatable bonds is 2. The number of hydrogen-bond donors (Lipinski definition) is 0. The van der Waals surface area contributed by atoms with Crippen molar-refractivity contribution < 1.29 is 0 Å². The molecule has 0 aliphatic carbocycles. The van der Waals surface area contributed by atoms with Crippen LogP contribution >= 0.6 is 0 Å². The van der Waals surface area contributed by atoms with E-state index in [9.17, 15) is 0 Å². The summed E-state index contributed by atoms with van der Waals surface area (Å²) >= 11 is 0. The lowest BCUT2D eigenvalue weighted by Crippen LogP contribution is -2.22. The Morgan fingerprint density at radius 1 is 0.488 bits per heavy atom. The Morgan fingerprint density at radius 3 is 1.93 bits per heavy atom. The summed E-state index contributed by atoms with van der Waals surface area (Å²) in [6.45, 7) is 8.63. The molecule has 6 heteroatoms. The molecule has 0 aliphatic heterocycles. The largest absolute Gasteiger partial charge is 0.295 e. The van der Waals surface area contributed by atoms with Crippen molar-refractivity contribution in [2.24, 2.45) is 0 Å². The maximum atomic E-state index is 5.37. The van der Waals surface area contributed by atoms with Crippen molar-refractivity contribution in [3.8, 4) is 0 Å². The van der Waals surface area contributed by atoms with Crippen LogP contribution in [-0.2, 0) is 5.41 Å². The monoisotopic (exact) mass is 556 g/mol. The van der Waals surface area contributed by atoms with Gasteiger partial charge in [-0.15, -0.1) is 0 Å². The van der Waals surface area contributed by atoms with Crippen LogP contribution in [0, 0.1) is 13.8 Å². The lowest BCUT2D eigenvalue weighted by molar-refractivity contribution is 0.601. The lowest BCUT2D eigenvalue weighted by atomic mass is 9.84. The predicted molar refractivity (Wildman–Crippen MR) is 175 cm³/mol. The molecule has 0 saturated heterocycles. The molecule has 0 atom stereocenters. The van der Waals surface area contributed by atoms with E-state index in [4.69, 9.17) is 19.9 Å². The van der Waals surface area contributed by atoms with Gasteiger partial charge in [-0.05, 0) is 70.2 Å². The van der Waals surface area contributed by atoms with E-state index in [0.29, 0.717) is 0 Å². The number of imidazole rings is 2. The molecular formula is C37H28N6. The zero-order valence-electron chi connectivity index (χ0n) is 24.4. The summed E-state index contributed by atoms with van der Waals surface area (Å²) in [7, 11) is 0. The van der Waals surface area contributed by atoms with Crippen molar-refractivity contribution in [1.82, 2.24) is 28.7 Å². The van der Waals surface area contributed by atoms with Crippen molar-refractivity contribution in [3.05, 3.63) is 120 Å². The first-order chi connectivity index (χ1) is 20.9. The molecule has 0 amide bonds. The van der Waals surface area contributed by atoms with E-state index in [0.717, 1.165) is 88.7 Å². The predicted octanol–water partition coefficient (Wildman–Crippen LogP) is 8.48. The molecule has 3 aromatic carbocycles. The van der Waals surface area contributed by atoms with E-state index in [1.807, 2.05) is 6.07 Å². The summed E-state index contributed by atoms with van der Waals surface area (Å²) < 4.78 is 4.51. The molecule has 9 rings (SSSR count). The normalized spacial score (nSPS) is 12.7. The first kappa shape index (κ1) is 24.3. The molecular weight excluding hydrogens is 528 g/mol. The van der Waals surface area contributed by atoms with Gasteiger partial charge in [0.2, 0.25) is 0 Å². The maximum absolute atomic E-state index is 5.37. The second kappa shape index (κ2) is 8.35. The third-order valence-electron chi connectivity index (χ3n) is 9.26. The van der Waals surface area contributed by atoms with Crippen LogP contribution in [0.4, 0.5) is 0 Å². The summed E-state index contributed by atoms with van der Waals surface area (Å²) in [5, 5.41) is 4.37. The van der Waals surface area contributed by atoms with Gasteiger partial charge in [0.15, 0.2) is 0 Å². The van der Waals surface area contributed by atoms with E-state index in [1.165, 1.54) is 0 Å². The Labute approximate surface area is 247 Å². The molecule has 0 aliphatic rings. The molecule has 0 radical (unpaired) electrons. The topological polar surface area (TPSA) is 60.4 Å². The van der Waals surface area contributed by atoms with Crippen LogP contribution in [0.15, 0.2) is 97.1 Å². The molecule has 0 spiro atoms. The lowest BCUT2D eigenvalue weighted by Gasteiger charge is -2.25. The summed E-state index contributed by atoms with van der Waals surface area (Å²) in [5.74, 6) is 0. The zero-order chi connectivity index (χ0) is 29.0. The Kier molecular flexibility index (Phi) is 4.71. The number of aromatic nitrogens is 6. The van der Waals surface area contributed by atoms with Gasteiger partial charge in [-0.1, -0.05) is 54.6 Å². The van der Waals surface area contributed by atoms with Crippen molar-refractivity contribution >= 4 is 65.9 Å². The third kappa shape index (κ3) is 3.18. The summed E-state index contributed by atoms with van der Waals surface area (Å²) in [5.41, 5.74) is 11.8. The number of fused-ring (bicyclic) bond motifs is 14. The van der Waals surface area contributed by atoms with Gasteiger partial charge in [0.05, 0.1) is 50.2 Å². The van der Waals surface area contributed by atoms with Crippen molar-refractivity contribution in [2.75, 3.05) is 0 Å². The molecule has 6 aromatic heterocycles. The Bertz CT molecular complexity index is 2620. The first-order valence-corrected chi connectivity index (χ1v) is 14.7. The van der Waals surface area contributed by atoms with Gasteiger partial charge in [-0.2, -0.15) is 0 Å². The number of para-hydroxylation sites is 3. The van der Waals surface area contributed by atoms with Gasteiger partial charge >= 0.3 is 0 Å². The minimum Gasteiger partial charge on any atom is -0.295 e. The van der Waals surface area contributed by atoms with E-state index in [1.54, 1.807) is 0 Å². The highest BCUT2D eigenvalue weighted by Crippen LogP contribution is 2.37. The summed E-state index contributed by atoms with van der Waals surface area (Å²) in [6, 6.07) is 33.9.